The number of carbonyl (C=O) groups is 1. The number of anilines is 2. The molecule has 114 valence electrons. The number of aliphatic hydroxyl groups excluding tert-OH is 1. The monoisotopic (exact) mass is 292 g/mol. The van der Waals surface area contributed by atoms with Crippen LogP contribution in [0, 0.1) is 5.92 Å². The number of nitrogens with one attached hydrogen (secondary N) is 2. The molecule has 21 heavy (non-hydrogen) atoms. The highest BCUT2D eigenvalue weighted by molar-refractivity contribution is 5.99. The molecule has 0 saturated carbocycles. The molecular weight excluding hydrogens is 272 g/mol. The van der Waals surface area contributed by atoms with Crippen molar-refractivity contribution in [2.45, 2.75) is 26.9 Å². The Morgan fingerprint density at radius 2 is 1.76 bits per heavy atom. The molecule has 0 aliphatic rings. The highest BCUT2D eigenvalue weighted by Crippen LogP contribution is 2.09. The Labute approximate surface area is 122 Å². The molecule has 0 bridgehead atoms. The average molecular weight is 292 g/mol. The molecule has 2 amide bonds. The summed E-state index contributed by atoms with van der Waals surface area (Å²) in [5.41, 5.74) is 1.20. The van der Waals surface area contributed by atoms with Gasteiger partial charge in [0.15, 0.2) is 0 Å². The number of carbonyl (C=O) groups excluding carboxylic acids is 1. The number of amides is 2. The van der Waals surface area contributed by atoms with Crippen molar-refractivity contribution in [1.82, 2.24) is 19.6 Å². The van der Waals surface area contributed by atoms with E-state index in [9.17, 15) is 4.79 Å². The SMILES string of the molecule is CC(C)Cn1cc(NC(=O)Nc2cnn(CCO)c2)cn1. The normalized spacial score (nSPS) is 10.9. The zero-order valence-electron chi connectivity index (χ0n) is 12.2. The van der Waals surface area contributed by atoms with Crippen molar-refractivity contribution < 1.29 is 9.90 Å². The van der Waals surface area contributed by atoms with E-state index in [0.717, 1.165) is 6.54 Å². The molecular formula is C13H20N6O2. The molecule has 0 radical (unpaired) electrons. The molecule has 2 heterocycles. The lowest BCUT2D eigenvalue weighted by Gasteiger charge is -2.04. The Morgan fingerprint density at radius 3 is 2.33 bits per heavy atom. The van der Waals surface area contributed by atoms with Gasteiger partial charge in [-0.1, -0.05) is 13.8 Å². The maximum atomic E-state index is 11.8. The minimum Gasteiger partial charge on any atom is -0.394 e. The summed E-state index contributed by atoms with van der Waals surface area (Å²) in [5.74, 6) is 0.490. The van der Waals surface area contributed by atoms with Crippen LogP contribution in [0.5, 0.6) is 0 Å². The summed E-state index contributed by atoms with van der Waals surface area (Å²) in [7, 11) is 0. The third-order valence-electron chi connectivity index (χ3n) is 2.66. The average Bonchev–Trinajstić information content (AvgIpc) is 2.99. The molecule has 8 nitrogen and oxygen atoms in total. The second-order valence-electron chi connectivity index (χ2n) is 5.14. The summed E-state index contributed by atoms with van der Waals surface area (Å²) in [6, 6.07) is -0.359. The predicted octanol–water partition coefficient (Wildman–Crippen LogP) is 1.37. The summed E-state index contributed by atoms with van der Waals surface area (Å²) < 4.78 is 3.34. The van der Waals surface area contributed by atoms with E-state index in [0.29, 0.717) is 23.8 Å². The lowest BCUT2D eigenvalue weighted by Crippen LogP contribution is -2.18. The van der Waals surface area contributed by atoms with E-state index in [2.05, 4.69) is 34.7 Å². The maximum Gasteiger partial charge on any atom is 0.323 e. The van der Waals surface area contributed by atoms with Gasteiger partial charge in [0, 0.05) is 18.9 Å². The van der Waals surface area contributed by atoms with Crippen LogP contribution in [0.1, 0.15) is 13.8 Å². The Balaban J connectivity index is 1.87. The molecule has 0 spiro atoms. The van der Waals surface area contributed by atoms with Crippen LogP contribution in [0.15, 0.2) is 24.8 Å². The summed E-state index contributed by atoms with van der Waals surface area (Å²) in [5, 5.41) is 22.3. The number of urea groups is 1. The van der Waals surface area contributed by atoms with Crippen molar-refractivity contribution in [1.29, 1.82) is 0 Å². The second-order valence-corrected chi connectivity index (χ2v) is 5.14. The number of hydrogen-bond donors (Lipinski definition) is 3. The van der Waals surface area contributed by atoms with Gasteiger partial charge in [-0.15, -0.1) is 0 Å². The van der Waals surface area contributed by atoms with Gasteiger partial charge in [-0.2, -0.15) is 10.2 Å². The topological polar surface area (TPSA) is 97.0 Å². The van der Waals surface area contributed by atoms with Crippen molar-refractivity contribution in [3.8, 4) is 0 Å². The number of nitrogens with zero attached hydrogens (tertiary/aromatic N) is 4. The van der Waals surface area contributed by atoms with Gasteiger partial charge in [0.05, 0.1) is 36.9 Å². The third-order valence-corrected chi connectivity index (χ3v) is 2.66. The van der Waals surface area contributed by atoms with Crippen molar-refractivity contribution in [2.24, 2.45) is 5.92 Å². The first kappa shape index (κ1) is 15.0. The first-order valence-electron chi connectivity index (χ1n) is 6.80. The lowest BCUT2D eigenvalue weighted by atomic mass is 10.2. The molecule has 3 N–H and O–H groups in total. The van der Waals surface area contributed by atoms with E-state index in [1.165, 1.54) is 6.20 Å². The van der Waals surface area contributed by atoms with Gasteiger partial charge in [0.25, 0.3) is 0 Å². The summed E-state index contributed by atoms with van der Waals surface area (Å²) in [4.78, 5) is 11.8. The molecule has 0 aliphatic heterocycles. The third kappa shape index (κ3) is 4.60. The van der Waals surface area contributed by atoms with E-state index in [-0.39, 0.29) is 12.6 Å². The summed E-state index contributed by atoms with van der Waals surface area (Å²) in [6.07, 6.45) is 6.57. The van der Waals surface area contributed by atoms with Gasteiger partial charge in [0.1, 0.15) is 0 Å². The van der Waals surface area contributed by atoms with Crippen LogP contribution < -0.4 is 10.6 Å². The predicted molar refractivity (Wildman–Crippen MR) is 79.0 cm³/mol. The zero-order valence-corrected chi connectivity index (χ0v) is 12.2. The smallest absolute Gasteiger partial charge is 0.323 e. The Hall–Kier alpha value is -2.35. The second kappa shape index (κ2) is 6.89. The quantitative estimate of drug-likeness (QED) is 0.749. The number of aromatic nitrogens is 4. The standard InChI is InChI=1S/C13H20N6O2/c1-10(2)7-19-9-12(6-15-19)17-13(21)16-11-5-14-18(8-11)3-4-20/h5-6,8-10,20H,3-4,7H2,1-2H3,(H2,16,17,21). The molecule has 0 fully saturated rings. The van der Waals surface area contributed by atoms with Crippen molar-refractivity contribution in [3.63, 3.8) is 0 Å². The minimum absolute atomic E-state index is 0.00233. The molecule has 0 saturated heterocycles. The molecule has 8 heteroatoms. The van der Waals surface area contributed by atoms with Crippen molar-refractivity contribution in [3.05, 3.63) is 24.8 Å². The molecule has 2 rings (SSSR count). The minimum atomic E-state index is -0.359. The van der Waals surface area contributed by atoms with E-state index < -0.39 is 0 Å². The number of rotatable bonds is 6. The van der Waals surface area contributed by atoms with Crippen LogP contribution in [0.4, 0.5) is 16.2 Å². The number of hydrogen-bond acceptors (Lipinski definition) is 4. The van der Waals surface area contributed by atoms with E-state index in [1.54, 1.807) is 28.0 Å². The summed E-state index contributed by atoms with van der Waals surface area (Å²) >= 11 is 0. The van der Waals surface area contributed by atoms with Crippen molar-refractivity contribution in [2.75, 3.05) is 17.2 Å². The van der Waals surface area contributed by atoms with Crippen LogP contribution >= 0.6 is 0 Å². The van der Waals surface area contributed by atoms with Crippen LogP contribution in [-0.4, -0.2) is 37.3 Å². The van der Waals surface area contributed by atoms with E-state index >= 15 is 0 Å². The molecule has 0 aromatic carbocycles. The molecule has 0 unspecified atom stereocenters. The molecule has 0 aliphatic carbocycles. The van der Waals surface area contributed by atoms with E-state index in [1.807, 2.05) is 0 Å². The summed E-state index contributed by atoms with van der Waals surface area (Å²) in [6.45, 7) is 5.40. The fourth-order valence-corrected chi connectivity index (χ4v) is 1.85. The van der Waals surface area contributed by atoms with Gasteiger partial charge in [-0.3, -0.25) is 9.36 Å². The highest BCUT2D eigenvalue weighted by Gasteiger charge is 2.07. The Morgan fingerprint density at radius 1 is 1.19 bits per heavy atom. The van der Waals surface area contributed by atoms with Gasteiger partial charge in [0.2, 0.25) is 0 Å². The fourth-order valence-electron chi connectivity index (χ4n) is 1.85. The van der Waals surface area contributed by atoms with Crippen LogP contribution in [0.2, 0.25) is 0 Å². The zero-order chi connectivity index (χ0) is 15.2. The lowest BCUT2D eigenvalue weighted by molar-refractivity contribution is 0.262. The first-order valence-corrected chi connectivity index (χ1v) is 6.80. The molecule has 2 aromatic heterocycles. The molecule has 0 atom stereocenters. The number of aliphatic hydroxyl groups is 1. The van der Waals surface area contributed by atoms with E-state index in [4.69, 9.17) is 5.11 Å². The highest BCUT2D eigenvalue weighted by atomic mass is 16.3. The molecule has 2 aromatic rings. The van der Waals surface area contributed by atoms with Gasteiger partial charge in [-0.05, 0) is 5.92 Å². The largest absolute Gasteiger partial charge is 0.394 e. The first-order chi connectivity index (χ1) is 10.1. The fraction of sp³-hybridized carbons (Fsp3) is 0.462. The van der Waals surface area contributed by atoms with Gasteiger partial charge in [-0.25, -0.2) is 4.79 Å². The van der Waals surface area contributed by atoms with Gasteiger partial charge >= 0.3 is 6.03 Å². The van der Waals surface area contributed by atoms with Crippen LogP contribution in [-0.2, 0) is 13.1 Å². The van der Waals surface area contributed by atoms with Crippen LogP contribution in [0.25, 0.3) is 0 Å². The maximum absolute atomic E-state index is 11.8. The van der Waals surface area contributed by atoms with Crippen LogP contribution in [0.3, 0.4) is 0 Å². The van der Waals surface area contributed by atoms with Gasteiger partial charge < -0.3 is 15.7 Å². The van der Waals surface area contributed by atoms with Crippen molar-refractivity contribution >= 4 is 17.4 Å². The Bertz CT molecular complexity index is 589. The Kier molecular flexibility index (Phi) is 4.94.